The fourth-order valence-electron chi connectivity index (χ4n) is 6.24. The molecule has 6 atom stereocenters. The molecule has 0 aromatic rings. The summed E-state index contributed by atoms with van der Waals surface area (Å²) in [6.07, 6.45) is 3.11. The van der Waals surface area contributed by atoms with Gasteiger partial charge in [0.15, 0.2) is 0 Å². The zero-order chi connectivity index (χ0) is 20.7. The first kappa shape index (κ1) is 21.0. The van der Waals surface area contributed by atoms with Gasteiger partial charge in [0.1, 0.15) is 6.17 Å². The summed E-state index contributed by atoms with van der Waals surface area (Å²) in [5, 5.41) is 15.2. The van der Waals surface area contributed by atoms with Crippen LogP contribution in [0.25, 0.3) is 0 Å². The molecule has 0 bridgehead atoms. The Hall–Kier alpha value is -0.880. The van der Waals surface area contributed by atoms with Gasteiger partial charge in [-0.2, -0.15) is 0 Å². The number of carbonyl (C=O) groups is 1. The number of carbonyl (C=O) groups excluding carboxylic acids is 1. The predicted molar refractivity (Wildman–Crippen MR) is 112 cm³/mol. The molecule has 5 saturated heterocycles. The van der Waals surface area contributed by atoms with Crippen molar-refractivity contribution in [2.75, 3.05) is 52.4 Å². The minimum absolute atomic E-state index is 0.0421. The molecule has 170 valence electrons. The molecule has 5 aliphatic heterocycles. The largest absolute Gasteiger partial charge is 0.350 e. The molecule has 6 unspecified atom stereocenters. The van der Waals surface area contributed by atoms with E-state index in [9.17, 15) is 9.18 Å². The summed E-state index contributed by atoms with van der Waals surface area (Å²) < 4.78 is 13.7. The second kappa shape index (κ2) is 8.57. The number of nitrogens with zero attached hydrogens (tertiary/aromatic N) is 2. The third kappa shape index (κ3) is 3.99. The van der Waals surface area contributed by atoms with Gasteiger partial charge in [-0.25, -0.2) is 14.8 Å². The number of hydrazine groups is 1. The van der Waals surface area contributed by atoms with Crippen LogP contribution in [0.5, 0.6) is 0 Å². The first-order valence-electron chi connectivity index (χ1n) is 11.7. The molecule has 10 heteroatoms. The average molecular weight is 425 g/mol. The van der Waals surface area contributed by atoms with E-state index in [0.29, 0.717) is 11.5 Å². The summed E-state index contributed by atoms with van der Waals surface area (Å²) in [5.41, 5.74) is 9.79. The molecule has 0 saturated carbocycles. The van der Waals surface area contributed by atoms with Crippen LogP contribution in [0.2, 0.25) is 0 Å². The van der Waals surface area contributed by atoms with Crippen molar-refractivity contribution in [3.8, 4) is 0 Å². The molecular formula is C20H37FN8O. The quantitative estimate of drug-likeness (QED) is 0.306. The third-order valence-corrected chi connectivity index (χ3v) is 8.06. The van der Waals surface area contributed by atoms with Crippen molar-refractivity contribution in [1.29, 1.82) is 0 Å². The maximum atomic E-state index is 13.7. The second-order valence-electron chi connectivity index (χ2n) is 9.92. The van der Waals surface area contributed by atoms with Gasteiger partial charge in [-0.3, -0.25) is 15.0 Å². The molecule has 0 radical (unpaired) electrons. The Morgan fingerprint density at radius 3 is 2.73 bits per heavy atom. The number of rotatable bonds is 3. The fourth-order valence-corrected chi connectivity index (χ4v) is 6.24. The van der Waals surface area contributed by atoms with Gasteiger partial charge in [-0.15, -0.1) is 0 Å². The highest BCUT2D eigenvalue weighted by atomic mass is 19.1. The smallest absolute Gasteiger partial charge is 0.229 e. The molecule has 9 nitrogen and oxygen atoms in total. The first-order chi connectivity index (χ1) is 14.5. The highest BCUT2D eigenvalue weighted by Crippen LogP contribution is 2.38. The van der Waals surface area contributed by atoms with Gasteiger partial charge in [-0.1, -0.05) is 0 Å². The van der Waals surface area contributed by atoms with Crippen LogP contribution in [0, 0.1) is 11.3 Å². The summed E-state index contributed by atoms with van der Waals surface area (Å²) in [6, 6.07) is 0.430. The summed E-state index contributed by atoms with van der Waals surface area (Å²) in [7, 11) is 0. The van der Waals surface area contributed by atoms with Crippen molar-refractivity contribution in [3.63, 3.8) is 0 Å². The monoisotopic (exact) mass is 424 g/mol. The Bertz CT molecular complexity index is 622. The molecule has 5 fully saturated rings. The number of nitrogens with one attached hydrogen (secondary N) is 5. The zero-order valence-corrected chi connectivity index (χ0v) is 17.7. The van der Waals surface area contributed by atoms with Crippen molar-refractivity contribution in [1.82, 2.24) is 36.6 Å². The van der Waals surface area contributed by atoms with Crippen molar-refractivity contribution in [3.05, 3.63) is 0 Å². The Kier molecular flexibility index (Phi) is 6.00. The van der Waals surface area contributed by atoms with Crippen LogP contribution in [-0.2, 0) is 4.79 Å². The number of alkyl halides is 1. The van der Waals surface area contributed by atoms with Crippen LogP contribution in [-0.4, -0.2) is 98.8 Å². The van der Waals surface area contributed by atoms with Crippen LogP contribution >= 0.6 is 0 Å². The fraction of sp³-hybridized carbons (Fsp3) is 0.950. The van der Waals surface area contributed by atoms with Gasteiger partial charge in [0.05, 0.1) is 24.3 Å². The van der Waals surface area contributed by atoms with Crippen molar-refractivity contribution in [2.45, 2.75) is 56.3 Å². The lowest BCUT2D eigenvalue weighted by Gasteiger charge is -2.46. The Balaban J connectivity index is 1.21. The van der Waals surface area contributed by atoms with Crippen LogP contribution < -0.4 is 32.4 Å². The molecule has 5 rings (SSSR count). The Morgan fingerprint density at radius 1 is 1.13 bits per heavy atom. The van der Waals surface area contributed by atoms with Crippen LogP contribution in [0.1, 0.15) is 25.7 Å². The molecule has 1 spiro atoms. The molecule has 5 aliphatic rings. The van der Waals surface area contributed by atoms with E-state index in [1.54, 1.807) is 5.01 Å². The third-order valence-electron chi connectivity index (χ3n) is 8.06. The molecule has 7 N–H and O–H groups in total. The summed E-state index contributed by atoms with van der Waals surface area (Å²) in [5.74, 6) is -0.478. The van der Waals surface area contributed by atoms with E-state index >= 15 is 0 Å². The Morgan fingerprint density at radius 2 is 1.97 bits per heavy atom. The number of hydrogen-bond acceptors (Lipinski definition) is 8. The number of fused-ring (bicyclic) bond motifs is 1. The lowest BCUT2D eigenvalue weighted by Crippen LogP contribution is -2.64. The molecule has 0 aromatic carbocycles. The van der Waals surface area contributed by atoms with Crippen molar-refractivity contribution < 1.29 is 9.18 Å². The molecule has 5 heterocycles. The zero-order valence-electron chi connectivity index (χ0n) is 17.7. The summed E-state index contributed by atoms with van der Waals surface area (Å²) >= 11 is 0. The van der Waals surface area contributed by atoms with Crippen molar-refractivity contribution in [2.24, 2.45) is 17.1 Å². The minimum Gasteiger partial charge on any atom is -0.350 e. The SMILES string of the molecule is NC1NN2CC(F)CNC2C1C(=O)NC1CNCCC1N1CCC2(CCNC2)CC1. The number of nitrogens with two attached hydrogens (primary N) is 1. The highest BCUT2D eigenvalue weighted by Gasteiger charge is 2.48. The molecule has 1 amide bonds. The molecular weight excluding hydrogens is 387 g/mol. The maximum Gasteiger partial charge on any atom is 0.229 e. The van der Waals surface area contributed by atoms with Gasteiger partial charge in [-0.05, 0) is 57.3 Å². The van der Waals surface area contributed by atoms with Crippen molar-refractivity contribution >= 4 is 5.91 Å². The van der Waals surface area contributed by atoms with Gasteiger partial charge < -0.3 is 21.7 Å². The average Bonchev–Trinajstić information content (AvgIpc) is 3.32. The minimum atomic E-state index is -0.952. The summed E-state index contributed by atoms with van der Waals surface area (Å²) in [6.45, 7) is 6.81. The molecule has 0 aliphatic carbocycles. The van der Waals surface area contributed by atoms with Gasteiger partial charge in [0, 0.05) is 32.2 Å². The van der Waals surface area contributed by atoms with Crippen LogP contribution in [0.15, 0.2) is 0 Å². The number of likely N-dealkylation sites (tertiary alicyclic amines) is 1. The maximum absolute atomic E-state index is 13.7. The number of piperidine rings is 2. The first-order valence-corrected chi connectivity index (χ1v) is 11.7. The van der Waals surface area contributed by atoms with Crippen LogP contribution in [0.3, 0.4) is 0 Å². The standard InChI is InChI=1S/C20H37FN8O/c21-13-9-25-18-16(17(22)27-29(18)11-13)19(30)26-14-10-23-5-1-15(14)28-7-3-20(4-8-28)2-6-24-12-20/h13-18,23-25,27H,1-12,22H2,(H,26,30). The number of halogens is 1. The van der Waals surface area contributed by atoms with Gasteiger partial charge in [0.2, 0.25) is 5.91 Å². The number of amides is 1. The lowest BCUT2D eigenvalue weighted by molar-refractivity contribution is -0.128. The van der Waals surface area contributed by atoms with E-state index in [0.717, 1.165) is 45.7 Å². The highest BCUT2D eigenvalue weighted by molar-refractivity contribution is 5.81. The molecule has 30 heavy (non-hydrogen) atoms. The predicted octanol–water partition coefficient (Wildman–Crippen LogP) is -2.10. The normalized spacial score (nSPS) is 42.3. The second-order valence-corrected chi connectivity index (χ2v) is 9.92. The number of hydrogen-bond donors (Lipinski definition) is 6. The van der Waals surface area contributed by atoms with Crippen LogP contribution in [0.4, 0.5) is 4.39 Å². The van der Waals surface area contributed by atoms with Gasteiger partial charge in [0.25, 0.3) is 0 Å². The van der Waals surface area contributed by atoms with E-state index in [1.165, 1.54) is 19.3 Å². The van der Waals surface area contributed by atoms with E-state index in [2.05, 4.69) is 31.6 Å². The topological polar surface area (TPSA) is 110 Å². The van der Waals surface area contributed by atoms with E-state index < -0.39 is 18.3 Å². The van der Waals surface area contributed by atoms with E-state index in [1.807, 2.05) is 0 Å². The van der Waals surface area contributed by atoms with E-state index in [-0.39, 0.29) is 31.2 Å². The Labute approximate surface area is 178 Å². The lowest BCUT2D eigenvalue weighted by atomic mass is 9.77. The van der Waals surface area contributed by atoms with Gasteiger partial charge >= 0.3 is 0 Å². The van der Waals surface area contributed by atoms with E-state index in [4.69, 9.17) is 5.73 Å². The molecule has 0 aromatic heterocycles. The summed E-state index contributed by atoms with van der Waals surface area (Å²) in [4.78, 5) is 15.8.